The molecule has 1 N–H and O–H groups in total. The first-order chi connectivity index (χ1) is 8.81. The van der Waals surface area contributed by atoms with Crippen molar-refractivity contribution in [1.82, 2.24) is 15.2 Å². The second kappa shape index (κ2) is 6.71. The molecule has 0 bridgehead atoms. The summed E-state index contributed by atoms with van der Waals surface area (Å²) in [4.78, 5) is 6.64. The molecule has 0 saturated carbocycles. The molecule has 18 heavy (non-hydrogen) atoms. The molecule has 0 spiro atoms. The third-order valence-corrected chi connectivity index (χ3v) is 3.56. The van der Waals surface area contributed by atoms with Gasteiger partial charge in [-0.3, -0.25) is 4.90 Å². The minimum atomic E-state index is 0.682. The Balaban J connectivity index is 1.92. The summed E-state index contributed by atoms with van der Waals surface area (Å²) in [6.07, 6.45) is 4.27. The van der Waals surface area contributed by atoms with Gasteiger partial charge in [-0.25, -0.2) is 4.98 Å². The summed E-state index contributed by atoms with van der Waals surface area (Å²) >= 11 is 0. The molecule has 1 aromatic rings. The second-order valence-electron chi connectivity index (χ2n) is 4.83. The van der Waals surface area contributed by atoms with Crippen LogP contribution >= 0.6 is 0 Å². The molecule has 1 fully saturated rings. The predicted octanol–water partition coefficient (Wildman–Crippen LogP) is 1.66. The molecule has 1 aliphatic rings. The van der Waals surface area contributed by atoms with E-state index in [1.54, 1.807) is 7.11 Å². The number of aromatic nitrogens is 1. The molecule has 1 aromatic heterocycles. The highest BCUT2D eigenvalue weighted by Gasteiger charge is 2.15. The topological polar surface area (TPSA) is 37.4 Å². The molecule has 2 heterocycles. The lowest BCUT2D eigenvalue weighted by molar-refractivity contribution is 0.281. The molecular weight excluding hydrogens is 226 g/mol. The van der Waals surface area contributed by atoms with Gasteiger partial charge in [-0.05, 0) is 24.5 Å². The van der Waals surface area contributed by atoms with Crippen LogP contribution in [0.25, 0.3) is 0 Å². The summed E-state index contributed by atoms with van der Waals surface area (Å²) < 4.78 is 5.16. The van der Waals surface area contributed by atoms with E-state index in [0.717, 1.165) is 26.2 Å². The van der Waals surface area contributed by atoms with Gasteiger partial charge in [0.25, 0.3) is 0 Å². The summed E-state index contributed by atoms with van der Waals surface area (Å²) in [5, 5.41) is 3.59. The summed E-state index contributed by atoms with van der Waals surface area (Å²) in [6, 6.07) is 4.77. The van der Waals surface area contributed by atoms with E-state index >= 15 is 0 Å². The molecule has 4 nitrogen and oxygen atoms in total. The van der Waals surface area contributed by atoms with Crippen molar-refractivity contribution in [2.24, 2.45) is 0 Å². The maximum Gasteiger partial charge on any atom is 0.213 e. The van der Waals surface area contributed by atoms with Crippen molar-refractivity contribution in [3.05, 3.63) is 23.9 Å². The third kappa shape index (κ3) is 3.68. The van der Waals surface area contributed by atoms with Gasteiger partial charge >= 0.3 is 0 Å². The maximum absolute atomic E-state index is 5.16. The van der Waals surface area contributed by atoms with Crippen LogP contribution in [0.3, 0.4) is 0 Å². The number of pyridine rings is 1. The van der Waals surface area contributed by atoms with Crippen LogP contribution in [-0.4, -0.2) is 42.7 Å². The van der Waals surface area contributed by atoms with Gasteiger partial charge < -0.3 is 10.1 Å². The van der Waals surface area contributed by atoms with Gasteiger partial charge in [0, 0.05) is 44.5 Å². The Kier molecular flexibility index (Phi) is 4.96. The summed E-state index contributed by atoms with van der Waals surface area (Å²) in [5.74, 6) is 0.701. The van der Waals surface area contributed by atoms with Crippen molar-refractivity contribution in [1.29, 1.82) is 0 Å². The van der Waals surface area contributed by atoms with Crippen LogP contribution in [0.1, 0.15) is 25.3 Å². The molecular formula is C14H23N3O. The molecule has 2 rings (SSSR count). The minimum Gasteiger partial charge on any atom is -0.481 e. The largest absolute Gasteiger partial charge is 0.481 e. The average Bonchev–Trinajstić information content (AvgIpc) is 2.64. The van der Waals surface area contributed by atoms with Crippen LogP contribution in [0.4, 0.5) is 0 Å². The lowest BCUT2D eigenvalue weighted by Crippen LogP contribution is -2.29. The molecule has 0 aromatic carbocycles. The number of rotatable bonds is 4. The van der Waals surface area contributed by atoms with Gasteiger partial charge in [-0.15, -0.1) is 0 Å². The smallest absolute Gasteiger partial charge is 0.213 e. The Bertz CT molecular complexity index is 370. The van der Waals surface area contributed by atoms with E-state index in [-0.39, 0.29) is 0 Å². The normalized spacial score (nSPS) is 21.6. The molecule has 4 heteroatoms. The van der Waals surface area contributed by atoms with Crippen molar-refractivity contribution in [3.8, 4) is 5.88 Å². The number of nitrogens with one attached hydrogen (secondary N) is 1. The van der Waals surface area contributed by atoms with Crippen molar-refractivity contribution >= 4 is 0 Å². The van der Waals surface area contributed by atoms with E-state index < -0.39 is 0 Å². The number of nitrogens with zero attached hydrogens (tertiary/aromatic N) is 2. The lowest BCUT2D eigenvalue weighted by Gasteiger charge is -2.19. The Labute approximate surface area is 109 Å². The number of methoxy groups -OCH3 is 1. The Morgan fingerprint density at radius 3 is 3.17 bits per heavy atom. The zero-order valence-electron chi connectivity index (χ0n) is 11.4. The minimum absolute atomic E-state index is 0.682. The number of hydrogen-bond donors (Lipinski definition) is 1. The van der Waals surface area contributed by atoms with Crippen LogP contribution < -0.4 is 10.1 Å². The van der Waals surface area contributed by atoms with Gasteiger partial charge in [0.05, 0.1) is 7.11 Å². The maximum atomic E-state index is 5.16. The van der Waals surface area contributed by atoms with Crippen molar-refractivity contribution in [2.45, 2.75) is 32.4 Å². The highest BCUT2D eigenvalue weighted by Crippen LogP contribution is 2.13. The first-order valence-electron chi connectivity index (χ1n) is 6.76. The van der Waals surface area contributed by atoms with Gasteiger partial charge in [0.2, 0.25) is 5.88 Å². The Morgan fingerprint density at radius 1 is 1.50 bits per heavy atom. The monoisotopic (exact) mass is 249 g/mol. The van der Waals surface area contributed by atoms with Crippen molar-refractivity contribution < 1.29 is 4.74 Å². The molecule has 0 amide bonds. The lowest BCUT2D eigenvalue weighted by atomic mass is 10.1. The second-order valence-corrected chi connectivity index (χ2v) is 4.83. The van der Waals surface area contributed by atoms with Crippen LogP contribution in [0.15, 0.2) is 18.3 Å². The van der Waals surface area contributed by atoms with Crippen molar-refractivity contribution in [3.63, 3.8) is 0 Å². The van der Waals surface area contributed by atoms with Crippen LogP contribution in [-0.2, 0) is 6.54 Å². The first-order valence-corrected chi connectivity index (χ1v) is 6.76. The van der Waals surface area contributed by atoms with E-state index in [1.165, 1.54) is 18.4 Å². The zero-order valence-corrected chi connectivity index (χ0v) is 11.4. The fourth-order valence-corrected chi connectivity index (χ4v) is 2.40. The van der Waals surface area contributed by atoms with Crippen LogP contribution in [0.5, 0.6) is 5.88 Å². The fraction of sp³-hybridized carbons (Fsp3) is 0.643. The summed E-state index contributed by atoms with van der Waals surface area (Å²) in [7, 11) is 1.66. The van der Waals surface area contributed by atoms with Gasteiger partial charge in [-0.2, -0.15) is 0 Å². The fourth-order valence-electron chi connectivity index (χ4n) is 2.40. The molecule has 1 atom stereocenters. The summed E-state index contributed by atoms with van der Waals surface area (Å²) in [6.45, 7) is 6.59. The highest BCUT2D eigenvalue weighted by molar-refractivity contribution is 5.20. The van der Waals surface area contributed by atoms with E-state index in [0.29, 0.717) is 11.9 Å². The van der Waals surface area contributed by atoms with E-state index in [9.17, 15) is 0 Å². The van der Waals surface area contributed by atoms with Crippen LogP contribution in [0.2, 0.25) is 0 Å². The molecule has 1 saturated heterocycles. The molecule has 1 aliphatic heterocycles. The van der Waals surface area contributed by atoms with Crippen LogP contribution in [0, 0.1) is 0 Å². The number of ether oxygens (including phenoxy) is 1. The van der Waals surface area contributed by atoms with Gasteiger partial charge in [0.1, 0.15) is 0 Å². The SMILES string of the molecule is CCC1CCN(Cc2ccnc(OC)c2)CCN1. The molecule has 0 radical (unpaired) electrons. The predicted molar refractivity (Wildman–Crippen MR) is 72.8 cm³/mol. The van der Waals surface area contributed by atoms with E-state index in [2.05, 4.69) is 28.2 Å². The summed E-state index contributed by atoms with van der Waals surface area (Å²) in [5.41, 5.74) is 1.27. The first kappa shape index (κ1) is 13.3. The quantitative estimate of drug-likeness (QED) is 0.880. The van der Waals surface area contributed by atoms with Crippen molar-refractivity contribution in [2.75, 3.05) is 26.7 Å². The molecule has 100 valence electrons. The van der Waals surface area contributed by atoms with Gasteiger partial charge in [-0.1, -0.05) is 6.92 Å². The van der Waals surface area contributed by atoms with E-state index in [4.69, 9.17) is 4.74 Å². The Hall–Kier alpha value is -1.13. The number of hydrogen-bond acceptors (Lipinski definition) is 4. The zero-order chi connectivity index (χ0) is 12.8. The standard InChI is InChI=1S/C14H23N3O/c1-3-13-5-8-17(9-7-15-13)11-12-4-6-16-14(10-12)18-2/h4,6,10,13,15H,3,5,7-9,11H2,1-2H3. The van der Waals surface area contributed by atoms with Gasteiger partial charge in [0.15, 0.2) is 0 Å². The average molecular weight is 249 g/mol. The third-order valence-electron chi connectivity index (χ3n) is 3.56. The Morgan fingerprint density at radius 2 is 2.39 bits per heavy atom. The molecule has 1 unspecified atom stereocenters. The highest BCUT2D eigenvalue weighted by atomic mass is 16.5. The van der Waals surface area contributed by atoms with E-state index in [1.807, 2.05) is 12.3 Å². The molecule has 0 aliphatic carbocycles.